The highest BCUT2D eigenvalue weighted by molar-refractivity contribution is 6.71. The van der Waals surface area contributed by atoms with Crippen molar-refractivity contribution < 1.29 is 18.1 Å². The van der Waals surface area contributed by atoms with E-state index in [1.54, 1.807) is 0 Å². The van der Waals surface area contributed by atoms with Crippen LogP contribution in [0.2, 0.25) is 58.9 Å². The van der Waals surface area contributed by atoms with Gasteiger partial charge in [-0.15, -0.1) is 0 Å². The van der Waals surface area contributed by atoms with Crippen LogP contribution in [0, 0.1) is 0 Å². The number of rotatable bonds is 7. The summed E-state index contributed by atoms with van der Waals surface area (Å²) in [6.07, 6.45) is 0.233. The Hall–Kier alpha value is -1.06. The Kier molecular flexibility index (Phi) is 6.51. The van der Waals surface area contributed by atoms with Crippen molar-refractivity contribution in [2.24, 2.45) is 0 Å². The van der Waals surface area contributed by atoms with E-state index in [1.807, 2.05) is 37.8 Å². The van der Waals surface area contributed by atoms with E-state index in [2.05, 4.69) is 39.3 Å². The SMILES string of the molecule is C[Si](C)(C)OC(=O)Cc1ccc(O[Si](C)(C)C)cc1O[Si](C)(C)C. The maximum absolute atomic E-state index is 12.2. The van der Waals surface area contributed by atoms with Crippen LogP contribution in [0.1, 0.15) is 5.56 Å². The number of carbonyl (C=O) groups excluding carboxylic acids is 1. The molecule has 0 saturated carbocycles. The lowest BCUT2D eigenvalue weighted by Crippen LogP contribution is -2.32. The highest BCUT2D eigenvalue weighted by atomic mass is 28.4. The van der Waals surface area contributed by atoms with Crippen molar-refractivity contribution in [2.75, 3.05) is 0 Å². The number of carbonyl (C=O) groups is 1. The molecule has 0 fully saturated rings. The summed E-state index contributed by atoms with van der Waals surface area (Å²) in [4.78, 5) is 12.2. The Morgan fingerprint density at radius 1 is 0.833 bits per heavy atom. The van der Waals surface area contributed by atoms with E-state index in [-0.39, 0.29) is 12.4 Å². The van der Waals surface area contributed by atoms with Crippen LogP contribution in [-0.4, -0.2) is 30.9 Å². The molecule has 0 heterocycles. The fourth-order valence-electron chi connectivity index (χ4n) is 2.06. The number of hydrogen-bond donors (Lipinski definition) is 0. The molecule has 24 heavy (non-hydrogen) atoms. The summed E-state index contributed by atoms with van der Waals surface area (Å²) >= 11 is 0. The van der Waals surface area contributed by atoms with E-state index in [1.165, 1.54) is 0 Å². The van der Waals surface area contributed by atoms with Gasteiger partial charge >= 0.3 is 0 Å². The Morgan fingerprint density at radius 3 is 1.83 bits per heavy atom. The van der Waals surface area contributed by atoms with E-state index >= 15 is 0 Å². The fraction of sp³-hybridized carbons (Fsp3) is 0.588. The van der Waals surface area contributed by atoms with Gasteiger partial charge in [-0.1, -0.05) is 6.07 Å². The van der Waals surface area contributed by atoms with Gasteiger partial charge in [0.1, 0.15) is 11.5 Å². The second kappa shape index (κ2) is 7.45. The summed E-state index contributed by atoms with van der Waals surface area (Å²) in [5, 5.41) is 0. The maximum atomic E-state index is 12.2. The molecule has 0 atom stereocenters. The third-order valence-electron chi connectivity index (χ3n) is 2.63. The first-order valence-electron chi connectivity index (χ1n) is 8.37. The molecule has 0 aliphatic heterocycles. The average Bonchev–Trinajstić information content (AvgIpc) is 2.25. The van der Waals surface area contributed by atoms with E-state index in [0.717, 1.165) is 17.1 Å². The van der Waals surface area contributed by atoms with Crippen molar-refractivity contribution in [3.8, 4) is 11.5 Å². The Bertz CT molecular complexity index is 581. The normalized spacial score (nSPS) is 12.7. The van der Waals surface area contributed by atoms with Crippen molar-refractivity contribution in [2.45, 2.75) is 65.3 Å². The monoisotopic (exact) mass is 384 g/mol. The molecule has 1 aromatic rings. The molecule has 1 aromatic carbocycles. The zero-order chi connectivity index (χ0) is 18.8. The molecule has 0 N–H and O–H groups in total. The van der Waals surface area contributed by atoms with Crippen LogP contribution in [0.25, 0.3) is 0 Å². The second-order valence-electron chi connectivity index (χ2n) is 8.96. The molecule has 7 heteroatoms. The molecule has 4 nitrogen and oxygen atoms in total. The van der Waals surface area contributed by atoms with Crippen molar-refractivity contribution in [3.63, 3.8) is 0 Å². The molecule has 0 unspecified atom stereocenters. The lowest BCUT2D eigenvalue weighted by molar-refractivity contribution is -0.134. The third kappa shape index (κ3) is 8.70. The Morgan fingerprint density at radius 2 is 1.38 bits per heavy atom. The molecule has 0 radical (unpaired) electrons. The standard InChI is InChI=1S/C17H32O4Si3/c1-22(2,3)19-15-11-10-14(12-17(18)21-24(7,8)9)16(13-15)20-23(4,5)6/h10-11,13H,12H2,1-9H3. The van der Waals surface area contributed by atoms with E-state index < -0.39 is 25.0 Å². The third-order valence-corrected chi connectivity index (χ3v) is 5.15. The minimum absolute atomic E-state index is 0.187. The highest BCUT2D eigenvalue weighted by Crippen LogP contribution is 2.29. The Labute approximate surface area is 149 Å². The van der Waals surface area contributed by atoms with E-state index in [9.17, 15) is 4.79 Å². The molecule has 0 bridgehead atoms. The van der Waals surface area contributed by atoms with Gasteiger partial charge in [-0.25, -0.2) is 0 Å². The van der Waals surface area contributed by atoms with Crippen molar-refractivity contribution in [1.29, 1.82) is 0 Å². The number of benzene rings is 1. The summed E-state index contributed by atoms with van der Waals surface area (Å²) in [5.41, 5.74) is 0.864. The quantitative estimate of drug-likeness (QED) is 0.618. The van der Waals surface area contributed by atoms with Gasteiger partial charge in [0.2, 0.25) is 25.0 Å². The minimum Gasteiger partial charge on any atom is -0.544 e. The molecule has 0 amide bonds. The highest BCUT2D eigenvalue weighted by Gasteiger charge is 2.24. The lowest BCUT2D eigenvalue weighted by atomic mass is 10.1. The van der Waals surface area contributed by atoms with Crippen LogP contribution in [0.3, 0.4) is 0 Å². The summed E-state index contributed by atoms with van der Waals surface area (Å²) in [7, 11) is -5.37. The van der Waals surface area contributed by atoms with Crippen LogP contribution in [0.15, 0.2) is 18.2 Å². The first-order chi connectivity index (χ1) is 10.6. The van der Waals surface area contributed by atoms with Gasteiger partial charge < -0.3 is 13.3 Å². The molecule has 0 aromatic heterocycles. The second-order valence-corrected chi connectivity index (χ2v) is 22.2. The van der Waals surface area contributed by atoms with Crippen molar-refractivity contribution >= 4 is 30.9 Å². The zero-order valence-corrected chi connectivity index (χ0v) is 19.6. The van der Waals surface area contributed by atoms with Crippen molar-refractivity contribution in [3.05, 3.63) is 23.8 Å². The smallest absolute Gasteiger partial charge is 0.297 e. The topological polar surface area (TPSA) is 44.8 Å². The van der Waals surface area contributed by atoms with E-state index in [4.69, 9.17) is 13.3 Å². The number of hydrogen-bond acceptors (Lipinski definition) is 4. The van der Waals surface area contributed by atoms with Crippen LogP contribution in [0.5, 0.6) is 11.5 Å². The Balaban J connectivity index is 3.07. The summed E-state index contributed by atoms with van der Waals surface area (Å²) in [5.74, 6) is 1.37. The molecule has 0 saturated heterocycles. The van der Waals surface area contributed by atoms with Gasteiger partial charge in [-0.3, -0.25) is 4.79 Å². The summed E-state index contributed by atoms with van der Waals surface area (Å²) in [6, 6.07) is 5.77. The lowest BCUT2D eigenvalue weighted by Gasteiger charge is -2.25. The van der Waals surface area contributed by atoms with Gasteiger partial charge in [0.25, 0.3) is 5.97 Å². The maximum Gasteiger partial charge on any atom is 0.297 e. The summed E-state index contributed by atoms with van der Waals surface area (Å²) in [6.45, 7) is 18.8. The molecular weight excluding hydrogens is 352 g/mol. The van der Waals surface area contributed by atoms with Crippen LogP contribution < -0.4 is 8.85 Å². The first-order valence-corrected chi connectivity index (χ1v) is 18.6. The summed E-state index contributed by atoms with van der Waals surface area (Å²) < 4.78 is 17.8. The first kappa shape index (κ1) is 21.0. The molecule has 0 aliphatic rings. The molecule has 1 rings (SSSR count). The predicted octanol–water partition coefficient (Wildman–Crippen LogP) is 5.03. The zero-order valence-electron chi connectivity index (χ0n) is 16.6. The minimum atomic E-state index is -1.88. The molecule has 0 spiro atoms. The van der Waals surface area contributed by atoms with Crippen LogP contribution in [-0.2, 0) is 15.6 Å². The molecule has 136 valence electrons. The van der Waals surface area contributed by atoms with Gasteiger partial charge in [0, 0.05) is 11.6 Å². The predicted molar refractivity (Wildman–Crippen MR) is 108 cm³/mol. The van der Waals surface area contributed by atoms with Gasteiger partial charge in [-0.2, -0.15) is 0 Å². The molecular formula is C17H32O4Si3. The van der Waals surface area contributed by atoms with Gasteiger partial charge in [0.15, 0.2) is 0 Å². The van der Waals surface area contributed by atoms with E-state index in [0.29, 0.717) is 0 Å². The van der Waals surface area contributed by atoms with Gasteiger partial charge in [0.05, 0.1) is 6.42 Å². The van der Waals surface area contributed by atoms with Gasteiger partial charge in [-0.05, 0) is 65.0 Å². The van der Waals surface area contributed by atoms with Crippen LogP contribution >= 0.6 is 0 Å². The van der Waals surface area contributed by atoms with Crippen molar-refractivity contribution in [1.82, 2.24) is 0 Å². The average molecular weight is 385 g/mol. The van der Waals surface area contributed by atoms with Crippen LogP contribution in [0.4, 0.5) is 0 Å². The fourth-order valence-corrected chi connectivity index (χ4v) is 4.49. The largest absolute Gasteiger partial charge is 0.544 e. The molecule has 0 aliphatic carbocycles.